The largest absolute Gasteiger partial charge is 0.444 e. The van der Waals surface area contributed by atoms with E-state index < -0.39 is 0 Å². The van der Waals surface area contributed by atoms with Crippen molar-refractivity contribution < 1.29 is 4.42 Å². The number of guanidine groups is 1. The monoisotopic (exact) mass is 332 g/mol. The standard InChI is InChI=1S/C17H24N4OS/c1-11-6-7-14(15(8-11)23-5)9-19-17(18-4)20-10-16-21-12(2)13(3)22-16/h6-8H,9-10H2,1-5H3,(H2,18,19,20). The normalized spacial score (nSPS) is 11.6. The fraction of sp³-hybridized carbons (Fsp3) is 0.412. The van der Waals surface area contributed by atoms with E-state index >= 15 is 0 Å². The number of thioether (sulfide) groups is 1. The van der Waals surface area contributed by atoms with Gasteiger partial charge in [-0.25, -0.2) is 4.98 Å². The summed E-state index contributed by atoms with van der Waals surface area (Å²) in [7, 11) is 1.76. The van der Waals surface area contributed by atoms with Crippen molar-refractivity contribution in [3.63, 3.8) is 0 Å². The summed E-state index contributed by atoms with van der Waals surface area (Å²) in [6.45, 7) is 7.20. The smallest absolute Gasteiger partial charge is 0.214 e. The Labute approximate surface area is 142 Å². The van der Waals surface area contributed by atoms with Crippen molar-refractivity contribution in [3.8, 4) is 0 Å². The van der Waals surface area contributed by atoms with E-state index in [1.165, 1.54) is 16.0 Å². The minimum absolute atomic E-state index is 0.512. The second-order valence-corrected chi connectivity index (χ2v) is 6.19. The van der Waals surface area contributed by atoms with Gasteiger partial charge in [0.25, 0.3) is 0 Å². The minimum Gasteiger partial charge on any atom is -0.444 e. The first-order chi connectivity index (χ1) is 11.0. The quantitative estimate of drug-likeness (QED) is 0.500. The third kappa shape index (κ3) is 4.76. The molecule has 124 valence electrons. The molecule has 0 radical (unpaired) electrons. The molecule has 23 heavy (non-hydrogen) atoms. The molecule has 2 N–H and O–H groups in total. The zero-order chi connectivity index (χ0) is 16.8. The lowest BCUT2D eigenvalue weighted by molar-refractivity contribution is 0.463. The van der Waals surface area contributed by atoms with E-state index in [9.17, 15) is 0 Å². The van der Waals surface area contributed by atoms with Crippen molar-refractivity contribution >= 4 is 17.7 Å². The van der Waals surface area contributed by atoms with Gasteiger partial charge in [0.1, 0.15) is 5.76 Å². The van der Waals surface area contributed by atoms with Crippen LogP contribution in [0.4, 0.5) is 0 Å². The SMILES string of the molecule is CN=C(NCc1nc(C)c(C)o1)NCc1ccc(C)cc1SC. The van der Waals surface area contributed by atoms with Crippen LogP contribution in [-0.4, -0.2) is 24.2 Å². The highest BCUT2D eigenvalue weighted by atomic mass is 32.2. The predicted molar refractivity (Wildman–Crippen MR) is 96.0 cm³/mol. The highest BCUT2D eigenvalue weighted by Gasteiger charge is 2.07. The summed E-state index contributed by atoms with van der Waals surface area (Å²) >= 11 is 1.76. The molecule has 0 saturated heterocycles. The predicted octanol–water partition coefficient (Wildman–Crippen LogP) is 3.19. The molecule has 6 heteroatoms. The summed E-state index contributed by atoms with van der Waals surface area (Å²) < 4.78 is 5.56. The first-order valence-corrected chi connectivity index (χ1v) is 8.77. The Hall–Kier alpha value is -1.95. The van der Waals surface area contributed by atoms with Crippen LogP contribution in [0.5, 0.6) is 0 Å². The number of hydrogen-bond donors (Lipinski definition) is 2. The van der Waals surface area contributed by atoms with Gasteiger partial charge < -0.3 is 15.1 Å². The number of nitrogens with one attached hydrogen (secondary N) is 2. The summed E-state index contributed by atoms with van der Waals surface area (Å²) in [5, 5.41) is 6.55. The number of aromatic nitrogens is 1. The summed E-state index contributed by atoms with van der Waals surface area (Å²) in [4.78, 5) is 9.88. The molecule has 1 heterocycles. The van der Waals surface area contributed by atoms with Crippen molar-refractivity contribution in [3.05, 3.63) is 46.7 Å². The fourth-order valence-electron chi connectivity index (χ4n) is 2.17. The Morgan fingerprint density at radius 2 is 1.96 bits per heavy atom. The molecule has 0 aliphatic carbocycles. The molecule has 0 bridgehead atoms. The molecule has 0 unspecified atom stereocenters. The fourth-order valence-corrected chi connectivity index (χ4v) is 2.88. The van der Waals surface area contributed by atoms with Crippen molar-refractivity contribution in [1.29, 1.82) is 0 Å². The van der Waals surface area contributed by atoms with E-state index in [1.807, 2.05) is 13.8 Å². The lowest BCUT2D eigenvalue weighted by Gasteiger charge is -2.13. The molecule has 1 aromatic carbocycles. The molecule has 0 aliphatic heterocycles. The van der Waals surface area contributed by atoms with Crippen molar-refractivity contribution in [1.82, 2.24) is 15.6 Å². The Kier molecular flexibility index (Phi) is 6.10. The summed E-state index contributed by atoms with van der Waals surface area (Å²) in [6.07, 6.45) is 2.10. The van der Waals surface area contributed by atoms with E-state index in [2.05, 4.69) is 52.0 Å². The van der Waals surface area contributed by atoms with Crippen LogP contribution in [-0.2, 0) is 13.1 Å². The third-order valence-electron chi connectivity index (χ3n) is 3.59. The van der Waals surface area contributed by atoms with Crippen LogP contribution in [0, 0.1) is 20.8 Å². The van der Waals surface area contributed by atoms with Gasteiger partial charge >= 0.3 is 0 Å². The van der Waals surface area contributed by atoms with E-state index in [4.69, 9.17) is 4.42 Å². The second-order valence-electron chi connectivity index (χ2n) is 5.34. The minimum atomic E-state index is 0.512. The maximum atomic E-state index is 5.56. The van der Waals surface area contributed by atoms with Gasteiger partial charge in [0, 0.05) is 18.5 Å². The van der Waals surface area contributed by atoms with Gasteiger partial charge in [-0.3, -0.25) is 4.99 Å². The Morgan fingerprint density at radius 1 is 1.22 bits per heavy atom. The highest BCUT2D eigenvalue weighted by Crippen LogP contribution is 2.21. The maximum Gasteiger partial charge on any atom is 0.214 e. The number of aryl methyl sites for hydroxylation is 3. The molecule has 0 fully saturated rings. The zero-order valence-electron chi connectivity index (χ0n) is 14.4. The molecular formula is C17H24N4OS. The average Bonchev–Trinajstić information content (AvgIpc) is 2.86. The van der Waals surface area contributed by atoms with Gasteiger partial charge in [-0.2, -0.15) is 0 Å². The molecular weight excluding hydrogens is 308 g/mol. The van der Waals surface area contributed by atoms with Gasteiger partial charge in [0.2, 0.25) is 5.89 Å². The molecule has 0 atom stereocenters. The number of oxazole rings is 1. The van der Waals surface area contributed by atoms with Gasteiger partial charge in [0.05, 0.1) is 12.2 Å². The van der Waals surface area contributed by atoms with Gasteiger partial charge in [-0.15, -0.1) is 11.8 Å². The summed E-state index contributed by atoms with van der Waals surface area (Å²) in [6, 6.07) is 6.49. The van der Waals surface area contributed by atoms with E-state index in [0.717, 1.165) is 24.0 Å². The Balaban J connectivity index is 1.93. The molecule has 0 aliphatic rings. The number of nitrogens with zero attached hydrogens (tertiary/aromatic N) is 2. The Morgan fingerprint density at radius 3 is 2.57 bits per heavy atom. The van der Waals surface area contributed by atoms with Crippen LogP contribution in [0.15, 0.2) is 32.5 Å². The van der Waals surface area contributed by atoms with Crippen LogP contribution >= 0.6 is 11.8 Å². The molecule has 5 nitrogen and oxygen atoms in total. The highest BCUT2D eigenvalue weighted by molar-refractivity contribution is 7.98. The first-order valence-electron chi connectivity index (χ1n) is 7.54. The lowest BCUT2D eigenvalue weighted by atomic mass is 10.1. The van der Waals surface area contributed by atoms with E-state index in [-0.39, 0.29) is 0 Å². The lowest BCUT2D eigenvalue weighted by Crippen LogP contribution is -2.36. The molecule has 1 aromatic heterocycles. The van der Waals surface area contributed by atoms with Crippen LogP contribution in [0.25, 0.3) is 0 Å². The van der Waals surface area contributed by atoms with Crippen LogP contribution in [0.3, 0.4) is 0 Å². The molecule has 0 spiro atoms. The average molecular weight is 332 g/mol. The molecule has 0 amide bonds. The third-order valence-corrected chi connectivity index (χ3v) is 4.41. The van der Waals surface area contributed by atoms with Crippen molar-refractivity contribution in [2.75, 3.05) is 13.3 Å². The Bertz CT molecular complexity index is 674. The second kappa shape index (κ2) is 8.06. The zero-order valence-corrected chi connectivity index (χ0v) is 15.2. The number of aliphatic imine (C=N–C) groups is 1. The van der Waals surface area contributed by atoms with Crippen molar-refractivity contribution in [2.24, 2.45) is 4.99 Å². The van der Waals surface area contributed by atoms with Crippen LogP contribution in [0.2, 0.25) is 0 Å². The topological polar surface area (TPSA) is 62.5 Å². The van der Waals surface area contributed by atoms with Crippen LogP contribution < -0.4 is 10.6 Å². The maximum absolute atomic E-state index is 5.56. The van der Waals surface area contributed by atoms with Crippen molar-refractivity contribution in [2.45, 2.75) is 38.8 Å². The molecule has 0 saturated carbocycles. The molecule has 2 rings (SSSR count). The number of rotatable bonds is 5. The van der Waals surface area contributed by atoms with E-state index in [1.54, 1.807) is 18.8 Å². The van der Waals surface area contributed by atoms with Gasteiger partial charge in [-0.1, -0.05) is 12.1 Å². The van der Waals surface area contributed by atoms with E-state index in [0.29, 0.717) is 12.4 Å². The first kappa shape index (κ1) is 17.4. The van der Waals surface area contributed by atoms with Gasteiger partial charge in [-0.05, 0) is 44.2 Å². The van der Waals surface area contributed by atoms with Gasteiger partial charge in [0.15, 0.2) is 5.96 Å². The number of benzene rings is 1. The number of hydrogen-bond acceptors (Lipinski definition) is 4. The van der Waals surface area contributed by atoms with Crippen LogP contribution in [0.1, 0.15) is 28.5 Å². The summed E-state index contributed by atoms with van der Waals surface area (Å²) in [5.74, 6) is 2.25. The summed E-state index contributed by atoms with van der Waals surface area (Å²) in [5.41, 5.74) is 3.46. The molecule has 2 aromatic rings.